The third-order valence-corrected chi connectivity index (χ3v) is 3.74. The van der Waals surface area contributed by atoms with E-state index in [-0.39, 0.29) is 5.91 Å². The maximum atomic E-state index is 12.2. The fourth-order valence-electron chi connectivity index (χ4n) is 1.91. The quantitative estimate of drug-likeness (QED) is 0.821. The van der Waals surface area contributed by atoms with Gasteiger partial charge < -0.3 is 15.8 Å². The van der Waals surface area contributed by atoms with Crippen LogP contribution in [0.4, 0.5) is 11.4 Å². The van der Waals surface area contributed by atoms with Gasteiger partial charge in [-0.05, 0) is 71.7 Å². The Labute approximate surface area is 132 Å². The molecule has 0 aliphatic carbocycles. The predicted octanol–water partition coefficient (Wildman–Crippen LogP) is 3.99. The highest BCUT2D eigenvalue weighted by Gasteiger charge is 2.09. The molecule has 0 bridgehead atoms. The largest absolute Gasteiger partial charge is 0.494 e. The molecule has 3 N–H and O–H groups in total. The second-order valence-electron chi connectivity index (χ2n) is 4.60. The van der Waals surface area contributed by atoms with Gasteiger partial charge in [0.25, 0.3) is 5.91 Å². The highest BCUT2D eigenvalue weighted by molar-refractivity contribution is 9.10. The first-order valence-corrected chi connectivity index (χ1v) is 7.40. The topological polar surface area (TPSA) is 64.3 Å². The second-order valence-corrected chi connectivity index (χ2v) is 5.45. The first-order chi connectivity index (χ1) is 10.0. The summed E-state index contributed by atoms with van der Waals surface area (Å²) in [5.41, 5.74) is 8.54. The number of nitrogen functional groups attached to an aromatic ring is 1. The van der Waals surface area contributed by atoms with Gasteiger partial charge in [0.05, 0.1) is 6.61 Å². The number of halogens is 1. The smallest absolute Gasteiger partial charge is 0.255 e. The Kier molecular flexibility index (Phi) is 4.85. The van der Waals surface area contributed by atoms with Crippen LogP contribution < -0.4 is 15.8 Å². The van der Waals surface area contributed by atoms with Crippen LogP contribution >= 0.6 is 15.9 Å². The van der Waals surface area contributed by atoms with Gasteiger partial charge in [0.15, 0.2) is 0 Å². The van der Waals surface area contributed by atoms with E-state index in [2.05, 4.69) is 21.2 Å². The average Bonchev–Trinajstić information content (AvgIpc) is 2.45. The van der Waals surface area contributed by atoms with Crippen molar-refractivity contribution in [2.24, 2.45) is 0 Å². The molecule has 0 fully saturated rings. The van der Waals surface area contributed by atoms with Gasteiger partial charge in [0, 0.05) is 21.4 Å². The van der Waals surface area contributed by atoms with Crippen LogP contribution in [-0.4, -0.2) is 12.5 Å². The van der Waals surface area contributed by atoms with Crippen molar-refractivity contribution in [1.82, 2.24) is 0 Å². The fraction of sp³-hybridized carbons (Fsp3) is 0.188. The van der Waals surface area contributed by atoms with E-state index in [1.807, 2.05) is 32.0 Å². The Hall–Kier alpha value is -2.01. The van der Waals surface area contributed by atoms with Gasteiger partial charge in [-0.25, -0.2) is 0 Å². The zero-order valence-electron chi connectivity index (χ0n) is 11.9. The molecule has 0 heterocycles. The Bertz CT molecular complexity index is 671. The molecular formula is C16H17BrN2O2. The van der Waals surface area contributed by atoms with Gasteiger partial charge in [-0.3, -0.25) is 4.79 Å². The van der Waals surface area contributed by atoms with Crippen molar-refractivity contribution in [3.63, 3.8) is 0 Å². The first kappa shape index (κ1) is 15.4. The number of ether oxygens (including phenoxy) is 1. The number of hydrogen-bond donors (Lipinski definition) is 2. The minimum Gasteiger partial charge on any atom is -0.494 e. The maximum absolute atomic E-state index is 12.2. The molecule has 0 saturated carbocycles. The average molecular weight is 349 g/mol. The van der Waals surface area contributed by atoms with Crippen molar-refractivity contribution in [1.29, 1.82) is 0 Å². The molecule has 0 atom stereocenters. The number of carbonyl (C=O) groups is 1. The summed E-state index contributed by atoms with van der Waals surface area (Å²) >= 11 is 3.31. The lowest BCUT2D eigenvalue weighted by Crippen LogP contribution is -2.13. The normalized spacial score (nSPS) is 10.2. The van der Waals surface area contributed by atoms with Gasteiger partial charge in [-0.15, -0.1) is 0 Å². The van der Waals surface area contributed by atoms with E-state index in [4.69, 9.17) is 10.5 Å². The number of hydrogen-bond acceptors (Lipinski definition) is 3. The standard InChI is InChI=1S/C16H17BrN2O2/c1-3-21-12-5-7-15(10(2)8-12)19-16(20)11-4-6-13(17)14(18)9-11/h4-9H,3,18H2,1-2H3,(H,19,20). The van der Waals surface area contributed by atoms with E-state index in [1.165, 1.54) is 0 Å². The minimum atomic E-state index is -0.193. The molecule has 2 rings (SSSR count). The van der Waals surface area contributed by atoms with Crippen LogP contribution in [0.15, 0.2) is 40.9 Å². The van der Waals surface area contributed by atoms with E-state index in [9.17, 15) is 4.79 Å². The third-order valence-electron chi connectivity index (χ3n) is 3.02. The van der Waals surface area contributed by atoms with Crippen molar-refractivity contribution < 1.29 is 9.53 Å². The number of benzene rings is 2. The molecule has 0 aliphatic heterocycles. The Morgan fingerprint density at radius 3 is 2.67 bits per heavy atom. The highest BCUT2D eigenvalue weighted by atomic mass is 79.9. The fourth-order valence-corrected chi connectivity index (χ4v) is 2.16. The van der Waals surface area contributed by atoms with Crippen molar-refractivity contribution in [2.75, 3.05) is 17.7 Å². The molecule has 0 aliphatic rings. The summed E-state index contributed by atoms with van der Waals surface area (Å²) < 4.78 is 6.20. The summed E-state index contributed by atoms with van der Waals surface area (Å²) in [6, 6.07) is 10.7. The minimum absolute atomic E-state index is 0.193. The van der Waals surface area contributed by atoms with Crippen LogP contribution in [0.2, 0.25) is 0 Å². The molecule has 0 spiro atoms. The molecule has 2 aromatic rings. The molecule has 110 valence electrons. The second kappa shape index (κ2) is 6.63. The van der Waals surface area contributed by atoms with Crippen molar-refractivity contribution in [2.45, 2.75) is 13.8 Å². The van der Waals surface area contributed by atoms with Gasteiger partial charge in [-0.2, -0.15) is 0 Å². The van der Waals surface area contributed by atoms with Gasteiger partial charge in [0.1, 0.15) is 5.75 Å². The van der Waals surface area contributed by atoms with Crippen LogP contribution in [0.1, 0.15) is 22.8 Å². The van der Waals surface area contributed by atoms with Crippen LogP contribution in [-0.2, 0) is 0 Å². The van der Waals surface area contributed by atoms with Crippen LogP contribution in [0, 0.1) is 6.92 Å². The number of nitrogens with one attached hydrogen (secondary N) is 1. The highest BCUT2D eigenvalue weighted by Crippen LogP contribution is 2.24. The van der Waals surface area contributed by atoms with E-state index in [1.54, 1.807) is 18.2 Å². The monoisotopic (exact) mass is 348 g/mol. The van der Waals surface area contributed by atoms with Crippen molar-refractivity contribution in [3.8, 4) is 5.75 Å². The summed E-state index contributed by atoms with van der Waals surface area (Å²) in [7, 11) is 0. The summed E-state index contributed by atoms with van der Waals surface area (Å²) in [5, 5.41) is 2.88. The zero-order chi connectivity index (χ0) is 15.4. The zero-order valence-corrected chi connectivity index (χ0v) is 13.5. The van der Waals surface area contributed by atoms with Crippen molar-refractivity contribution >= 4 is 33.2 Å². The van der Waals surface area contributed by atoms with E-state index in [0.29, 0.717) is 17.9 Å². The summed E-state index contributed by atoms with van der Waals surface area (Å²) in [6.45, 7) is 4.47. The summed E-state index contributed by atoms with van der Waals surface area (Å²) in [4.78, 5) is 12.2. The molecule has 0 radical (unpaired) electrons. The number of nitrogens with two attached hydrogens (primary N) is 1. The lowest BCUT2D eigenvalue weighted by molar-refractivity contribution is 0.102. The van der Waals surface area contributed by atoms with E-state index in [0.717, 1.165) is 21.5 Å². The summed E-state index contributed by atoms with van der Waals surface area (Å²) in [6.07, 6.45) is 0. The lowest BCUT2D eigenvalue weighted by Gasteiger charge is -2.11. The number of carbonyl (C=O) groups excluding carboxylic acids is 1. The Morgan fingerprint density at radius 2 is 2.05 bits per heavy atom. The molecule has 1 amide bonds. The molecule has 2 aromatic carbocycles. The summed E-state index contributed by atoms with van der Waals surface area (Å²) in [5.74, 6) is 0.599. The number of aryl methyl sites for hydroxylation is 1. The molecule has 0 aromatic heterocycles. The van der Waals surface area contributed by atoms with Crippen LogP contribution in [0.3, 0.4) is 0 Å². The molecule has 0 saturated heterocycles. The SMILES string of the molecule is CCOc1ccc(NC(=O)c2ccc(Br)c(N)c2)c(C)c1. The third kappa shape index (κ3) is 3.76. The lowest BCUT2D eigenvalue weighted by atomic mass is 10.1. The molecule has 4 nitrogen and oxygen atoms in total. The van der Waals surface area contributed by atoms with Gasteiger partial charge in [0.2, 0.25) is 0 Å². The number of anilines is 2. The number of rotatable bonds is 4. The maximum Gasteiger partial charge on any atom is 0.255 e. The van der Waals surface area contributed by atoms with Crippen LogP contribution in [0.25, 0.3) is 0 Å². The first-order valence-electron chi connectivity index (χ1n) is 6.61. The van der Waals surface area contributed by atoms with Crippen LogP contribution in [0.5, 0.6) is 5.75 Å². The predicted molar refractivity (Wildman–Crippen MR) is 88.9 cm³/mol. The number of amides is 1. The van der Waals surface area contributed by atoms with Gasteiger partial charge in [-0.1, -0.05) is 0 Å². The molecule has 5 heteroatoms. The Balaban J connectivity index is 2.17. The van der Waals surface area contributed by atoms with Crippen molar-refractivity contribution in [3.05, 3.63) is 52.0 Å². The molecular weight excluding hydrogens is 332 g/mol. The molecule has 0 unspecified atom stereocenters. The van der Waals surface area contributed by atoms with E-state index >= 15 is 0 Å². The molecule has 21 heavy (non-hydrogen) atoms. The van der Waals surface area contributed by atoms with Gasteiger partial charge >= 0.3 is 0 Å². The Morgan fingerprint density at radius 1 is 1.29 bits per heavy atom. The van der Waals surface area contributed by atoms with E-state index < -0.39 is 0 Å².